The fourth-order valence-corrected chi connectivity index (χ4v) is 2.06. The highest BCUT2D eigenvalue weighted by Crippen LogP contribution is 2.28. The molecule has 0 bridgehead atoms. The van der Waals surface area contributed by atoms with Crippen LogP contribution in [-0.4, -0.2) is 34.7 Å². The Kier molecular flexibility index (Phi) is 5.64. The van der Waals surface area contributed by atoms with Crippen LogP contribution in [0.5, 0.6) is 0 Å². The van der Waals surface area contributed by atoms with Gasteiger partial charge < -0.3 is 10.4 Å². The minimum absolute atomic E-state index is 0. The number of allylic oxidation sites excluding steroid dienone is 1. The van der Waals surface area contributed by atoms with E-state index in [1.54, 1.807) is 11.8 Å². The summed E-state index contributed by atoms with van der Waals surface area (Å²) in [6.07, 6.45) is 5.89. The number of carbonyl (C=O) groups excluding carboxylic acids is 2. The predicted octanol–water partition coefficient (Wildman–Crippen LogP) is 0.741. The van der Waals surface area contributed by atoms with E-state index in [4.69, 9.17) is 0 Å². The van der Waals surface area contributed by atoms with Crippen LogP contribution in [0.15, 0.2) is 23.3 Å². The molecule has 2 rings (SSSR count). The SMILES string of the molecule is CC(=O)[C@H](C)N1CC2=C(C=CCC2)C1=O.O.S. The van der Waals surface area contributed by atoms with Gasteiger partial charge in [-0.1, -0.05) is 12.2 Å². The quantitative estimate of drug-likeness (QED) is 0.732. The molecule has 0 saturated heterocycles. The van der Waals surface area contributed by atoms with E-state index in [-0.39, 0.29) is 36.7 Å². The van der Waals surface area contributed by atoms with Gasteiger partial charge in [-0.25, -0.2) is 0 Å². The Morgan fingerprint density at radius 1 is 1.47 bits per heavy atom. The van der Waals surface area contributed by atoms with Gasteiger partial charge in [0, 0.05) is 12.1 Å². The Morgan fingerprint density at radius 2 is 2.12 bits per heavy atom. The average molecular weight is 257 g/mol. The summed E-state index contributed by atoms with van der Waals surface area (Å²) in [5.74, 6) is 0.0656. The molecule has 1 atom stereocenters. The molecule has 0 aromatic rings. The van der Waals surface area contributed by atoms with Gasteiger partial charge in [-0.3, -0.25) is 9.59 Å². The number of hydrogen-bond acceptors (Lipinski definition) is 2. The highest BCUT2D eigenvalue weighted by Gasteiger charge is 2.33. The molecule has 0 saturated carbocycles. The van der Waals surface area contributed by atoms with E-state index in [2.05, 4.69) is 0 Å². The molecule has 2 aliphatic rings. The molecule has 0 aromatic heterocycles. The zero-order chi connectivity index (χ0) is 11.0. The third-order valence-corrected chi connectivity index (χ3v) is 3.19. The van der Waals surface area contributed by atoms with Crippen LogP contribution in [0.25, 0.3) is 0 Å². The largest absolute Gasteiger partial charge is 0.412 e. The van der Waals surface area contributed by atoms with Crippen LogP contribution < -0.4 is 0 Å². The number of amides is 1. The highest BCUT2D eigenvalue weighted by molar-refractivity contribution is 7.59. The second-order valence-electron chi connectivity index (χ2n) is 4.18. The summed E-state index contributed by atoms with van der Waals surface area (Å²) in [4.78, 5) is 24.9. The Morgan fingerprint density at radius 3 is 2.65 bits per heavy atom. The molecule has 2 N–H and O–H groups in total. The first-order valence-corrected chi connectivity index (χ1v) is 5.31. The summed E-state index contributed by atoms with van der Waals surface area (Å²) in [5.41, 5.74) is 2.00. The van der Waals surface area contributed by atoms with E-state index in [9.17, 15) is 9.59 Å². The van der Waals surface area contributed by atoms with Crippen molar-refractivity contribution in [1.29, 1.82) is 0 Å². The number of rotatable bonds is 2. The molecular weight excluding hydrogens is 238 g/mol. The lowest BCUT2D eigenvalue weighted by Gasteiger charge is -2.22. The Balaban J connectivity index is 0.00000128. The molecule has 0 radical (unpaired) electrons. The number of Topliss-reactive ketones (excluding diaryl/α,β-unsaturated/α-hetero) is 1. The van der Waals surface area contributed by atoms with E-state index in [0.29, 0.717) is 6.54 Å². The van der Waals surface area contributed by atoms with Crippen molar-refractivity contribution in [2.24, 2.45) is 0 Å². The van der Waals surface area contributed by atoms with Gasteiger partial charge >= 0.3 is 0 Å². The maximum Gasteiger partial charge on any atom is 0.254 e. The topological polar surface area (TPSA) is 68.9 Å². The normalized spacial score (nSPS) is 19.4. The third kappa shape index (κ3) is 2.79. The summed E-state index contributed by atoms with van der Waals surface area (Å²) in [7, 11) is 0. The second kappa shape index (κ2) is 6.02. The summed E-state index contributed by atoms with van der Waals surface area (Å²) < 4.78 is 0. The van der Waals surface area contributed by atoms with E-state index in [1.165, 1.54) is 12.5 Å². The maximum atomic E-state index is 12.0. The minimum atomic E-state index is -0.295. The van der Waals surface area contributed by atoms with Crippen molar-refractivity contribution in [3.8, 4) is 0 Å². The van der Waals surface area contributed by atoms with E-state index < -0.39 is 0 Å². The van der Waals surface area contributed by atoms with Crippen molar-refractivity contribution in [1.82, 2.24) is 4.90 Å². The first kappa shape index (κ1) is 15.9. The summed E-state index contributed by atoms with van der Waals surface area (Å²) in [6.45, 7) is 3.97. The molecule has 4 nitrogen and oxygen atoms in total. The van der Waals surface area contributed by atoms with Crippen LogP contribution in [0.3, 0.4) is 0 Å². The summed E-state index contributed by atoms with van der Waals surface area (Å²) >= 11 is 0. The molecule has 0 fully saturated rings. The lowest BCUT2D eigenvalue weighted by atomic mass is 10.0. The van der Waals surface area contributed by atoms with Crippen molar-refractivity contribution >= 4 is 25.2 Å². The van der Waals surface area contributed by atoms with Gasteiger partial charge in [-0.15, -0.1) is 0 Å². The van der Waals surface area contributed by atoms with Crippen LogP contribution in [-0.2, 0) is 9.59 Å². The Labute approximate surface area is 108 Å². The van der Waals surface area contributed by atoms with Crippen molar-refractivity contribution < 1.29 is 15.1 Å². The summed E-state index contributed by atoms with van der Waals surface area (Å²) in [6, 6.07) is -0.295. The maximum absolute atomic E-state index is 12.0. The standard InChI is InChI=1S/C12H15NO2.H2O.H2S/c1-8(9(2)14)13-7-10-5-3-4-6-11(10)12(13)15;;/h4,6,8H,3,5,7H2,1-2H3;2*1H2/t8-;;/m0../s1. The highest BCUT2D eigenvalue weighted by atomic mass is 32.1. The van der Waals surface area contributed by atoms with Crippen molar-refractivity contribution in [3.05, 3.63) is 23.3 Å². The molecular formula is C12H19NO3S. The van der Waals surface area contributed by atoms with Gasteiger partial charge in [0.05, 0.1) is 6.04 Å². The Bertz CT molecular complexity index is 387. The van der Waals surface area contributed by atoms with Crippen molar-refractivity contribution in [2.45, 2.75) is 32.7 Å². The molecule has 96 valence electrons. The average Bonchev–Trinajstić information content (AvgIpc) is 2.56. The zero-order valence-corrected chi connectivity index (χ0v) is 11.1. The van der Waals surface area contributed by atoms with Gasteiger partial charge in [0.2, 0.25) is 0 Å². The zero-order valence-electron chi connectivity index (χ0n) is 10.1. The Hall–Kier alpha value is -1.07. The van der Waals surface area contributed by atoms with Crippen molar-refractivity contribution in [2.75, 3.05) is 6.54 Å². The number of ketones is 1. The number of carbonyl (C=O) groups is 2. The van der Waals surface area contributed by atoms with Crippen LogP contribution in [0.1, 0.15) is 26.7 Å². The third-order valence-electron chi connectivity index (χ3n) is 3.19. The number of hydrogen-bond donors (Lipinski definition) is 0. The minimum Gasteiger partial charge on any atom is -0.412 e. The summed E-state index contributed by atoms with van der Waals surface area (Å²) in [5, 5.41) is 0. The molecule has 5 heteroatoms. The van der Waals surface area contributed by atoms with Gasteiger partial charge in [-0.05, 0) is 32.3 Å². The lowest BCUT2D eigenvalue weighted by molar-refractivity contribution is -0.133. The van der Waals surface area contributed by atoms with Crippen LogP contribution >= 0.6 is 13.5 Å². The monoisotopic (exact) mass is 257 g/mol. The fraction of sp³-hybridized carbons (Fsp3) is 0.500. The van der Waals surface area contributed by atoms with Crippen LogP contribution in [0, 0.1) is 0 Å². The lowest BCUT2D eigenvalue weighted by Crippen LogP contribution is -2.40. The molecule has 0 aromatic carbocycles. The van der Waals surface area contributed by atoms with E-state index in [1.807, 2.05) is 12.2 Å². The molecule has 1 aliphatic carbocycles. The molecule has 0 unspecified atom stereocenters. The molecule has 1 amide bonds. The molecule has 1 aliphatic heterocycles. The van der Waals surface area contributed by atoms with Gasteiger partial charge in [-0.2, -0.15) is 13.5 Å². The van der Waals surface area contributed by atoms with E-state index in [0.717, 1.165) is 18.4 Å². The van der Waals surface area contributed by atoms with Gasteiger partial charge in [0.15, 0.2) is 5.78 Å². The fourth-order valence-electron chi connectivity index (χ4n) is 2.06. The van der Waals surface area contributed by atoms with Crippen LogP contribution in [0.4, 0.5) is 0 Å². The second-order valence-corrected chi connectivity index (χ2v) is 4.18. The van der Waals surface area contributed by atoms with Gasteiger partial charge in [0.1, 0.15) is 0 Å². The molecule has 17 heavy (non-hydrogen) atoms. The molecule has 0 spiro atoms. The van der Waals surface area contributed by atoms with Crippen LogP contribution in [0.2, 0.25) is 0 Å². The van der Waals surface area contributed by atoms with Gasteiger partial charge in [0.25, 0.3) is 5.91 Å². The van der Waals surface area contributed by atoms with E-state index >= 15 is 0 Å². The molecule has 1 heterocycles. The number of nitrogens with zero attached hydrogens (tertiary/aromatic N) is 1. The smallest absolute Gasteiger partial charge is 0.254 e. The first-order chi connectivity index (χ1) is 7.11. The predicted molar refractivity (Wildman–Crippen MR) is 71.3 cm³/mol. The first-order valence-electron chi connectivity index (χ1n) is 5.31. The van der Waals surface area contributed by atoms with Crippen molar-refractivity contribution in [3.63, 3.8) is 0 Å².